The van der Waals surface area contributed by atoms with E-state index in [1.165, 1.54) is 6.42 Å². The molecule has 1 saturated heterocycles. The summed E-state index contributed by atoms with van der Waals surface area (Å²) in [5.41, 5.74) is 7.32. The van der Waals surface area contributed by atoms with Crippen molar-refractivity contribution in [2.45, 2.75) is 58.6 Å². The summed E-state index contributed by atoms with van der Waals surface area (Å²) in [5, 5.41) is 8.32. The Morgan fingerprint density at radius 1 is 1.32 bits per heavy atom. The molecule has 1 aliphatic rings. The predicted molar refractivity (Wildman–Crippen MR) is 84.3 cm³/mol. The summed E-state index contributed by atoms with van der Waals surface area (Å²) < 4.78 is 7.58. The first-order valence-corrected chi connectivity index (χ1v) is 8.10. The van der Waals surface area contributed by atoms with E-state index in [9.17, 15) is 0 Å². The zero-order valence-corrected chi connectivity index (χ0v) is 13.3. The van der Waals surface area contributed by atoms with Crippen LogP contribution in [0, 0.1) is 5.92 Å². The summed E-state index contributed by atoms with van der Waals surface area (Å²) in [6.07, 6.45) is 5.45. The highest BCUT2D eigenvalue weighted by atomic mass is 16.5. The zero-order valence-electron chi connectivity index (χ0n) is 13.3. The third-order valence-electron chi connectivity index (χ3n) is 4.03. The minimum atomic E-state index is 0.189. The Balaban J connectivity index is 1.83. The van der Waals surface area contributed by atoms with Gasteiger partial charge in [-0.2, -0.15) is 0 Å². The molecule has 0 saturated carbocycles. The van der Waals surface area contributed by atoms with E-state index < -0.39 is 0 Å². The number of ether oxygens (including phenoxy) is 1. The molecule has 2 aromatic heterocycles. The molecule has 0 aromatic carbocycles. The molecule has 2 aromatic rings. The van der Waals surface area contributed by atoms with Gasteiger partial charge in [0.2, 0.25) is 0 Å². The van der Waals surface area contributed by atoms with Crippen LogP contribution >= 0.6 is 0 Å². The van der Waals surface area contributed by atoms with Gasteiger partial charge in [-0.15, -0.1) is 5.10 Å². The quantitative estimate of drug-likeness (QED) is 0.908. The molecule has 3 rings (SSSR count). The molecule has 0 aliphatic carbocycles. The first-order chi connectivity index (χ1) is 10.6. The van der Waals surface area contributed by atoms with Crippen molar-refractivity contribution >= 4 is 17.0 Å². The average Bonchev–Trinajstić information content (AvgIpc) is 2.90. The molecule has 0 spiro atoms. The number of aryl methyl sites for hydroxylation is 1. The molecule has 0 radical (unpaired) electrons. The van der Waals surface area contributed by atoms with Gasteiger partial charge in [-0.1, -0.05) is 19.1 Å². The number of nitrogen functional groups attached to an aromatic ring is 1. The summed E-state index contributed by atoms with van der Waals surface area (Å²) in [6, 6.07) is 0. The SMILES string of the molecule is CC(C)CCc1nc(N)c2nnn(CC3CCCCO3)c2n1. The molecule has 1 unspecified atom stereocenters. The molecule has 1 aliphatic heterocycles. The van der Waals surface area contributed by atoms with Crippen LogP contribution in [-0.4, -0.2) is 37.7 Å². The number of nitrogens with zero attached hydrogens (tertiary/aromatic N) is 5. The van der Waals surface area contributed by atoms with E-state index in [4.69, 9.17) is 10.5 Å². The Hall–Kier alpha value is -1.76. The fourth-order valence-corrected chi connectivity index (χ4v) is 2.72. The van der Waals surface area contributed by atoms with Crippen molar-refractivity contribution in [2.24, 2.45) is 5.92 Å². The standard InChI is InChI=1S/C15H24N6O/c1-10(2)6-7-12-17-14(16)13-15(18-12)21(20-19-13)9-11-5-3-4-8-22-11/h10-11H,3-9H2,1-2H3,(H2,16,17,18). The van der Waals surface area contributed by atoms with Gasteiger partial charge < -0.3 is 10.5 Å². The highest BCUT2D eigenvalue weighted by Gasteiger charge is 2.19. The summed E-state index contributed by atoms with van der Waals surface area (Å²) in [5.74, 6) is 1.80. The highest BCUT2D eigenvalue weighted by Crippen LogP contribution is 2.19. The van der Waals surface area contributed by atoms with Crippen LogP contribution in [0.2, 0.25) is 0 Å². The Morgan fingerprint density at radius 3 is 2.91 bits per heavy atom. The van der Waals surface area contributed by atoms with Crippen molar-refractivity contribution in [2.75, 3.05) is 12.3 Å². The van der Waals surface area contributed by atoms with Gasteiger partial charge >= 0.3 is 0 Å². The van der Waals surface area contributed by atoms with Crippen LogP contribution in [0.5, 0.6) is 0 Å². The Labute approximate surface area is 130 Å². The van der Waals surface area contributed by atoms with Gasteiger partial charge in [-0.3, -0.25) is 0 Å². The van der Waals surface area contributed by atoms with Gasteiger partial charge in [-0.05, 0) is 31.6 Å². The minimum Gasteiger partial charge on any atom is -0.382 e. The maximum Gasteiger partial charge on any atom is 0.184 e. The van der Waals surface area contributed by atoms with Crippen molar-refractivity contribution in [3.8, 4) is 0 Å². The summed E-state index contributed by atoms with van der Waals surface area (Å²) in [7, 11) is 0. The molecule has 1 atom stereocenters. The van der Waals surface area contributed by atoms with Crippen molar-refractivity contribution in [3.63, 3.8) is 0 Å². The van der Waals surface area contributed by atoms with Crippen LogP contribution in [0.25, 0.3) is 11.2 Å². The van der Waals surface area contributed by atoms with Crippen LogP contribution < -0.4 is 5.73 Å². The second kappa shape index (κ2) is 6.56. The van der Waals surface area contributed by atoms with E-state index in [2.05, 4.69) is 34.1 Å². The topological polar surface area (TPSA) is 91.7 Å². The molecule has 0 bridgehead atoms. The predicted octanol–water partition coefficient (Wildman–Crippen LogP) is 1.96. The number of nitrogens with two attached hydrogens (primary N) is 1. The molecule has 22 heavy (non-hydrogen) atoms. The molecular formula is C15H24N6O. The molecule has 120 valence electrons. The van der Waals surface area contributed by atoms with Crippen LogP contribution in [0.1, 0.15) is 45.4 Å². The van der Waals surface area contributed by atoms with Gasteiger partial charge in [0.15, 0.2) is 17.0 Å². The van der Waals surface area contributed by atoms with Crippen LogP contribution in [0.3, 0.4) is 0 Å². The Kier molecular flexibility index (Phi) is 4.52. The van der Waals surface area contributed by atoms with Crippen LogP contribution in [-0.2, 0) is 17.7 Å². The molecule has 7 nitrogen and oxygen atoms in total. The molecule has 0 amide bonds. The second-order valence-electron chi connectivity index (χ2n) is 6.39. The maximum absolute atomic E-state index is 6.01. The van der Waals surface area contributed by atoms with Gasteiger partial charge in [0.05, 0.1) is 12.6 Å². The monoisotopic (exact) mass is 304 g/mol. The Bertz CT molecular complexity index is 632. The van der Waals surface area contributed by atoms with E-state index in [0.717, 1.165) is 43.8 Å². The maximum atomic E-state index is 6.01. The number of fused-ring (bicyclic) bond motifs is 1. The number of aromatic nitrogens is 5. The number of hydrogen-bond donors (Lipinski definition) is 1. The smallest absolute Gasteiger partial charge is 0.184 e. The van der Waals surface area contributed by atoms with E-state index in [1.807, 2.05) is 4.68 Å². The zero-order chi connectivity index (χ0) is 15.5. The lowest BCUT2D eigenvalue weighted by Crippen LogP contribution is -2.25. The van der Waals surface area contributed by atoms with E-state index in [0.29, 0.717) is 23.8 Å². The van der Waals surface area contributed by atoms with Gasteiger partial charge in [0.1, 0.15) is 5.82 Å². The second-order valence-corrected chi connectivity index (χ2v) is 6.39. The normalized spacial score (nSPS) is 19.1. The molecule has 7 heteroatoms. The van der Waals surface area contributed by atoms with Crippen LogP contribution in [0.15, 0.2) is 0 Å². The third kappa shape index (κ3) is 3.35. The lowest BCUT2D eigenvalue weighted by atomic mass is 10.1. The number of rotatable bonds is 5. The molecular weight excluding hydrogens is 280 g/mol. The third-order valence-corrected chi connectivity index (χ3v) is 4.03. The van der Waals surface area contributed by atoms with Crippen molar-refractivity contribution in [1.82, 2.24) is 25.0 Å². The first-order valence-electron chi connectivity index (χ1n) is 8.10. The summed E-state index contributed by atoms with van der Waals surface area (Å²) in [4.78, 5) is 8.98. The Morgan fingerprint density at radius 2 is 2.18 bits per heavy atom. The number of hydrogen-bond acceptors (Lipinski definition) is 6. The lowest BCUT2D eigenvalue weighted by molar-refractivity contribution is 0.00433. The van der Waals surface area contributed by atoms with Gasteiger partial charge in [0, 0.05) is 13.0 Å². The van der Waals surface area contributed by atoms with Crippen molar-refractivity contribution in [3.05, 3.63) is 5.82 Å². The van der Waals surface area contributed by atoms with E-state index in [-0.39, 0.29) is 6.10 Å². The number of anilines is 1. The summed E-state index contributed by atoms with van der Waals surface area (Å²) in [6.45, 7) is 5.88. The fourth-order valence-electron chi connectivity index (χ4n) is 2.72. The molecule has 2 N–H and O–H groups in total. The highest BCUT2D eigenvalue weighted by molar-refractivity contribution is 5.80. The average molecular weight is 304 g/mol. The summed E-state index contributed by atoms with van der Waals surface area (Å²) >= 11 is 0. The molecule has 1 fully saturated rings. The minimum absolute atomic E-state index is 0.189. The van der Waals surface area contributed by atoms with Gasteiger partial charge in [-0.25, -0.2) is 14.6 Å². The van der Waals surface area contributed by atoms with E-state index in [1.54, 1.807) is 0 Å². The molecule has 3 heterocycles. The lowest BCUT2D eigenvalue weighted by Gasteiger charge is -2.22. The van der Waals surface area contributed by atoms with Crippen LogP contribution in [0.4, 0.5) is 5.82 Å². The van der Waals surface area contributed by atoms with E-state index >= 15 is 0 Å². The van der Waals surface area contributed by atoms with Gasteiger partial charge in [0.25, 0.3) is 0 Å². The van der Waals surface area contributed by atoms with Crippen molar-refractivity contribution < 1.29 is 4.74 Å². The van der Waals surface area contributed by atoms with Crippen molar-refractivity contribution in [1.29, 1.82) is 0 Å². The largest absolute Gasteiger partial charge is 0.382 e. The first kappa shape index (κ1) is 15.1. The fraction of sp³-hybridized carbons (Fsp3) is 0.733.